The molecule has 108 valence electrons. The summed E-state index contributed by atoms with van der Waals surface area (Å²) in [5.74, 6) is 0.121. The standard InChI is InChI=1S/C14H17Br2N3O/c15-10-1-2-12(13(16)7-10)14(20)19-8-11(9-19)18-5-3-17-4-6-18/h1-2,7,11,17H,3-6,8-9H2. The summed E-state index contributed by atoms with van der Waals surface area (Å²) in [6.07, 6.45) is 0. The van der Waals surface area contributed by atoms with E-state index in [1.54, 1.807) is 0 Å². The first kappa shape index (κ1) is 14.5. The van der Waals surface area contributed by atoms with Crippen molar-refractivity contribution in [2.24, 2.45) is 0 Å². The third-order valence-corrected chi connectivity index (χ3v) is 5.13. The molecular formula is C14H17Br2N3O. The number of halogens is 2. The molecule has 0 bridgehead atoms. The van der Waals surface area contributed by atoms with Gasteiger partial charge >= 0.3 is 0 Å². The topological polar surface area (TPSA) is 35.6 Å². The van der Waals surface area contributed by atoms with Crippen LogP contribution in [0.3, 0.4) is 0 Å². The van der Waals surface area contributed by atoms with Crippen molar-refractivity contribution >= 4 is 37.8 Å². The molecule has 0 unspecified atom stereocenters. The summed E-state index contributed by atoms with van der Waals surface area (Å²) < 4.78 is 1.82. The van der Waals surface area contributed by atoms with Crippen molar-refractivity contribution in [2.45, 2.75) is 6.04 Å². The maximum Gasteiger partial charge on any atom is 0.255 e. The molecule has 1 aromatic carbocycles. The Labute approximate surface area is 135 Å². The van der Waals surface area contributed by atoms with E-state index in [1.165, 1.54) is 0 Å². The SMILES string of the molecule is O=C(c1ccc(Br)cc1Br)N1CC(N2CCNCC2)C1. The third kappa shape index (κ3) is 2.93. The molecule has 2 aliphatic heterocycles. The van der Waals surface area contributed by atoms with Gasteiger partial charge in [-0.05, 0) is 34.1 Å². The third-order valence-electron chi connectivity index (χ3n) is 3.98. The maximum absolute atomic E-state index is 12.4. The minimum atomic E-state index is 0.121. The van der Waals surface area contributed by atoms with E-state index in [0.717, 1.165) is 53.8 Å². The fraction of sp³-hybridized carbons (Fsp3) is 0.500. The Bertz CT molecular complexity index is 511. The van der Waals surface area contributed by atoms with Gasteiger partial charge in [0.1, 0.15) is 0 Å². The number of hydrogen-bond donors (Lipinski definition) is 1. The molecule has 0 spiro atoms. The summed E-state index contributed by atoms with van der Waals surface area (Å²) in [6, 6.07) is 6.23. The number of likely N-dealkylation sites (tertiary alicyclic amines) is 1. The van der Waals surface area contributed by atoms with Crippen LogP contribution in [0.5, 0.6) is 0 Å². The second kappa shape index (κ2) is 6.13. The molecule has 1 amide bonds. The number of benzene rings is 1. The molecule has 1 N–H and O–H groups in total. The summed E-state index contributed by atoms with van der Waals surface area (Å²) in [6.45, 7) is 6.00. The van der Waals surface area contributed by atoms with Crippen molar-refractivity contribution in [1.82, 2.24) is 15.1 Å². The Balaban J connectivity index is 1.60. The van der Waals surface area contributed by atoms with Crippen molar-refractivity contribution in [3.8, 4) is 0 Å². The van der Waals surface area contributed by atoms with Gasteiger partial charge in [-0.2, -0.15) is 0 Å². The molecular weight excluding hydrogens is 386 g/mol. The van der Waals surface area contributed by atoms with E-state index in [0.29, 0.717) is 6.04 Å². The lowest BCUT2D eigenvalue weighted by molar-refractivity contribution is 0.0226. The number of nitrogens with zero attached hydrogens (tertiary/aromatic N) is 2. The van der Waals surface area contributed by atoms with E-state index in [2.05, 4.69) is 42.1 Å². The monoisotopic (exact) mass is 401 g/mol. The zero-order chi connectivity index (χ0) is 14.1. The molecule has 3 rings (SSSR count). The van der Waals surface area contributed by atoms with Crippen LogP contribution in [-0.2, 0) is 0 Å². The maximum atomic E-state index is 12.4. The number of piperazine rings is 1. The number of amides is 1. The molecule has 0 aliphatic carbocycles. The van der Waals surface area contributed by atoms with E-state index in [9.17, 15) is 4.79 Å². The van der Waals surface area contributed by atoms with Gasteiger partial charge in [0.15, 0.2) is 0 Å². The first-order valence-corrected chi connectivity index (χ1v) is 8.43. The highest BCUT2D eigenvalue weighted by Gasteiger charge is 2.35. The van der Waals surface area contributed by atoms with Gasteiger partial charge < -0.3 is 10.2 Å². The molecule has 0 saturated carbocycles. The molecule has 2 saturated heterocycles. The number of nitrogens with one attached hydrogen (secondary N) is 1. The number of rotatable bonds is 2. The minimum absolute atomic E-state index is 0.121. The van der Waals surface area contributed by atoms with Crippen molar-refractivity contribution < 1.29 is 4.79 Å². The van der Waals surface area contributed by atoms with Crippen LogP contribution in [0.4, 0.5) is 0 Å². The van der Waals surface area contributed by atoms with E-state index in [1.807, 2.05) is 23.1 Å². The molecule has 0 atom stereocenters. The molecule has 2 fully saturated rings. The zero-order valence-electron chi connectivity index (χ0n) is 11.1. The highest BCUT2D eigenvalue weighted by atomic mass is 79.9. The van der Waals surface area contributed by atoms with E-state index in [-0.39, 0.29) is 5.91 Å². The first-order chi connectivity index (χ1) is 9.65. The van der Waals surface area contributed by atoms with Gasteiger partial charge in [-0.15, -0.1) is 0 Å². The van der Waals surface area contributed by atoms with Crippen molar-refractivity contribution in [3.05, 3.63) is 32.7 Å². The second-order valence-electron chi connectivity index (χ2n) is 5.27. The van der Waals surface area contributed by atoms with Gasteiger partial charge in [0, 0.05) is 54.3 Å². The molecule has 4 nitrogen and oxygen atoms in total. The van der Waals surface area contributed by atoms with Crippen LogP contribution in [-0.4, -0.2) is 61.0 Å². The second-order valence-corrected chi connectivity index (χ2v) is 7.04. The Kier molecular flexibility index (Phi) is 4.45. The van der Waals surface area contributed by atoms with Gasteiger partial charge in [0.2, 0.25) is 0 Å². The Morgan fingerprint density at radius 3 is 2.55 bits per heavy atom. The van der Waals surface area contributed by atoms with Crippen LogP contribution < -0.4 is 5.32 Å². The highest BCUT2D eigenvalue weighted by molar-refractivity contribution is 9.11. The molecule has 0 radical (unpaired) electrons. The largest absolute Gasteiger partial charge is 0.335 e. The quantitative estimate of drug-likeness (QED) is 0.821. The molecule has 0 aromatic heterocycles. The normalized spacial score (nSPS) is 20.8. The van der Waals surface area contributed by atoms with Gasteiger partial charge in [-0.3, -0.25) is 9.69 Å². The minimum Gasteiger partial charge on any atom is -0.335 e. The lowest BCUT2D eigenvalue weighted by atomic mass is 10.0. The highest BCUT2D eigenvalue weighted by Crippen LogP contribution is 2.25. The lowest BCUT2D eigenvalue weighted by Gasteiger charge is -2.46. The zero-order valence-corrected chi connectivity index (χ0v) is 14.3. The predicted octanol–water partition coefficient (Wildman–Crippen LogP) is 1.94. The fourth-order valence-corrected chi connectivity index (χ4v) is 3.95. The summed E-state index contributed by atoms with van der Waals surface area (Å²) in [5.41, 5.74) is 0.743. The van der Waals surface area contributed by atoms with Gasteiger partial charge in [-0.25, -0.2) is 0 Å². The Morgan fingerprint density at radius 2 is 1.90 bits per heavy atom. The van der Waals surface area contributed by atoms with Crippen molar-refractivity contribution in [3.63, 3.8) is 0 Å². The van der Waals surface area contributed by atoms with Gasteiger partial charge in [0.25, 0.3) is 5.91 Å². The molecule has 2 aliphatic rings. The summed E-state index contributed by atoms with van der Waals surface area (Å²) >= 11 is 6.87. The Morgan fingerprint density at radius 1 is 1.20 bits per heavy atom. The van der Waals surface area contributed by atoms with Crippen LogP contribution in [0.2, 0.25) is 0 Å². The Hall–Kier alpha value is -0.430. The van der Waals surface area contributed by atoms with Gasteiger partial charge in [0.05, 0.1) is 5.56 Å². The molecule has 6 heteroatoms. The van der Waals surface area contributed by atoms with Crippen LogP contribution >= 0.6 is 31.9 Å². The fourth-order valence-electron chi connectivity index (χ4n) is 2.73. The number of carbonyl (C=O) groups is 1. The van der Waals surface area contributed by atoms with Crippen LogP contribution in [0.25, 0.3) is 0 Å². The van der Waals surface area contributed by atoms with Crippen molar-refractivity contribution in [2.75, 3.05) is 39.3 Å². The smallest absolute Gasteiger partial charge is 0.255 e. The average Bonchev–Trinajstić information content (AvgIpc) is 2.38. The summed E-state index contributed by atoms with van der Waals surface area (Å²) in [5, 5.41) is 3.36. The number of carbonyl (C=O) groups excluding carboxylic acids is 1. The van der Waals surface area contributed by atoms with Crippen LogP contribution in [0.1, 0.15) is 10.4 Å². The predicted molar refractivity (Wildman–Crippen MR) is 86.0 cm³/mol. The first-order valence-electron chi connectivity index (χ1n) is 6.84. The summed E-state index contributed by atoms with van der Waals surface area (Å²) in [4.78, 5) is 16.9. The van der Waals surface area contributed by atoms with E-state index >= 15 is 0 Å². The van der Waals surface area contributed by atoms with Crippen molar-refractivity contribution in [1.29, 1.82) is 0 Å². The molecule has 20 heavy (non-hydrogen) atoms. The molecule has 2 heterocycles. The summed E-state index contributed by atoms with van der Waals surface area (Å²) in [7, 11) is 0. The lowest BCUT2D eigenvalue weighted by Crippen LogP contribution is -2.63. The number of hydrogen-bond acceptors (Lipinski definition) is 3. The molecule has 1 aromatic rings. The van der Waals surface area contributed by atoms with E-state index < -0.39 is 0 Å². The average molecular weight is 403 g/mol. The van der Waals surface area contributed by atoms with Gasteiger partial charge in [-0.1, -0.05) is 15.9 Å². The van der Waals surface area contributed by atoms with E-state index in [4.69, 9.17) is 0 Å². The van der Waals surface area contributed by atoms with Crippen LogP contribution in [0.15, 0.2) is 27.1 Å². The van der Waals surface area contributed by atoms with Crippen LogP contribution in [0, 0.1) is 0 Å².